The minimum atomic E-state index is -3.14. The normalized spacial score (nSPS) is 16.1. The van der Waals surface area contributed by atoms with Crippen LogP contribution in [0.5, 0.6) is 11.5 Å². The molecule has 0 bridgehead atoms. The molecule has 0 spiro atoms. The van der Waals surface area contributed by atoms with Crippen molar-refractivity contribution in [3.8, 4) is 11.5 Å². The summed E-state index contributed by atoms with van der Waals surface area (Å²) >= 11 is 0. The average molecular weight is 562 g/mol. The van der Waals surface area contributed by atoms with Crippen LogP contribution in [0, 0.1) is 5.92 Å². The quantitative estimate of drug-likeness (QED) is 0.287. The summed E-state index contributed by atoms with van der Waals surface area (Å²) in [6, 6.07) is 4.61. The lowest BCUT2D eigenvalue weighted by atomic mass is 9.98. The Labute approximate surface area is 193 Å². The molecule has 1 heterocycles. The summed E-state index contributed by atoms with van der Waals surface area (Å²) in [6.07, 6.45) is 2.75. The number of piperidine rings is 1. The second-order valence-electron chi connectivity index (χ2n) is 6.76. The number of sulfonamides is 1. The molecular formula is C18H29F2IN4O4S. The molecule has 8 nitrogen and oxygen atoms in total. The molecule has 0 radical (unpaired) electrons. The van der Waals surface area contributed by atoms with Crippen LogP contribution >= 0.6 is 24.0 Å². The number of aliphatic imine (C=N–C) groups is 1. The van der Waals surface area contributed by atoms with E-state index in [1.54, 1.807) is 19.2 Å². The molecule has 1 fully saturated rings. The van der Waals surface area contributed by atoms with E-state index in [9.17, 15) is 17.2 Å². The lowest BCUT2D eigenvalue weighted by molar-refractivity contribution is -0.0505. The van der Waals surface area contributed by atoms with Crippen molar-refractivity contribution < 1.29 is 26.7 Å². The Morgan fingerprint density at radius 1 is 1.30 bits per heavy atom. The summed E-state index contributed by atoms with van der Waals surface area (Å²) in [6.45, 7) is -1.05. The van der Waals surface area contributed by atoms with Gasteiger partial charge in [-0.25, -0.2) is 12.7 Å². The van der Waals surface area contributed by atoms with Gasteiger partial charge < -0.3 is 20.1 Å². The highest BCUT2D eigenvalue weighted by Gasteiger charge is 2.24. The number of rotatable bonds is 8. The van der Waals surface area contributed by atoms with Gasteiger partial charge in [0, 0.05) is 38.8 Å². The predicted molar refractivity (Wildman–Crippen MR) is 122 cm³/mol. The van der Waals surface area contributed by atoms with Crippen molar-refractivity contribution in [3.63, 3.8) is 0 Å². The number of nitrogens with zero attached hydrogens (tertiary/aromatic N) is 2. The lowest BCUT2D eigenvalue weighted by Crippen LogP contribution is -2.43. The van der Waals surface area contributed by atoms with E-state index >= 15 is 0 Å². The van der Waals surface area contributed by atoms with E-state index in [4.69, 9.17) is 4.74 Å². The van der Waals surface area contributed by atoms with Gasteiger partial charge in [0.1, 0.15) is 11.5 Å². The first-order valence-corrected chi connectivity index (χ1v) is 11.1. The van der Waals surface area contributed by atoms with Crippen LogP contribution in [0.25, 0.3) is 0 Å². The van der Waals surface area contributed by atoms with Crippen LogP contribution in [0.15, 0.2) is 23.2 Å². The molecule has 1 aliphatic rings. The van der Waals surface area contributed by atoms with Gasteiger partial charge >= 0.3 is 6.61 Å². The maximum atomic E-state index is 12.6. The fraction of sp³-hybridized carbons (Fsp3) is 0.611. The minimum absolute atomic E-state index is 0. The first-order valence-electron chi connectivity index (χ1n) is 9.24. The van der Waals surface area contributed by atoms with E-state index < -0.39 is 16.6 Å². The van der Waals surface area contributed by atoms with Gasteiger partial charge in [-0.15, -0.1) is 24.0 Å². The van der Waals surface area contributed by atoms with Crippen LogP contribution < -0.4 is 20.1 Å². The molecule has 0 amide bonds. The minimum Gasteiger partial charge on any atom is -0.497 e. The van der Waals surface area contributed by atoms with Gasteiger partial charge in [0.15, 0.2) is 5.96 Å². The number of hydrogen-bond donors (Lipinski definition) is 2. The Kier molecular flexibility index (Phi) is 11.0. The third-order valence-electron chi connectivity index (χ3n) is 4.75. The van der Waals surface area contributed by atoms with Crippen LogP contribution in [-0.4, -0.2) is 65.3 Å². The van der Waals surface area contributed by atoms with Gasteiger partial charge in [0.2, 0.25) is 10.0 Å². The summed E-state index contributed by atoms with van der Waals surface area (Å²) in [7, 11) is -0.0311. The molecule has 1 aliphatic heterocycles. The molecule has 2 rings (SSSR count). The summed E-state index contributed by atoms with van der Waals surface area (Å²) in [5.74, 6) is 1.43. The monoisotopic (exact) mass is 562 g/mol. The van der Waals surface area contributed by atoms with Gasteiger partial charge in [0.25, 0.3) is 0 Å². The molecule has 0 aromatic heterocycles. The van der Waals surface area contributed by atoms with Gasteiger partial charge in [-0.3, -0.25) is 4.99 Å². The second kappa shape index (κ2) is 12.4. The average Bonchev–Trinajstić information content (AvgIpc) is 2.68. The number of methoxy groups -OCH3 is 1. The Balaban J connectivity index is 0.00000450. The predicted octanol–water partition coefficient (Wildman–Crippen LogP) is 2.25. The van der Waals surface area contributed by atoms with E-state index in [1.807, 2.05) is 0 Å². The molecule has 30 heavy (non-hydrogen) atoms. The molecule has 1 saturated heterocycles. The largest absolute Gasteiger partial charge is 0.497 e. The van der Waals surface area contributed by atoms with Gasteiger partial charge in [-0.1, -0.05) is 0 Å². The molecule has 0 unspecified atom stereocenters. The molecule has 0 saturated carbocycles. The summed E-state index contributed by atoms with van der Waals surface area (Å²) in [4.78, 5) is 4.14. The van der Waals surface area contributed by atoms with E-state index in [0.29, 0.717) is 42.8 Å². The van der Waals surface area contributed by atoms with E-state index in [-0.39, 0.29) is 36.3 Å². The fourth-order valence-electron chi connectivity index (χ4n) is 3.12. The number of nitrogens with one attached hydrogen (secondary N) is 2. The zero-order valence-electron chi connectivity index (χ0n) is 17.2. The van der Waals surface area contributed by atoms with Crippen LogP contribution in [0.4, 0.5) is 8.78 Å². The summed E-state index contributed by atoms with van der Waals surface area (Å²) in [5.41, 5.74) is 0.508. The highest BCUT2D eigenvalue weighted by atomic mass is 127. The molecule has 0 aliphatic carbocycles. The number of alkyl halides is 2. The Morgan fingerprint density at radius 3 is 2.50 bits per heavy atom. The van der Waals surface area contributed by atoms with Gasteiger partial charge in [0.05, 0.1) is 13.4 Å². The van der Waals surface area contributed by atoms with Crippen molar-refractivity contribution in [3.05, 3.63) is 23.8 Å². The summed E-state index contributed by atoms with van der Waals surface area (Å²) in [5, 5.41) is 6.28. The topological polar surface area (TPSA) is 92.3 Å². The maximum absolute atomic E-state index is 12.6. The van der Waals surface area contributed by atoms with Crippen LogP contribution in [-0.2, 0) is 16.6 Å². The van der Waals surface area contributed by atoms with Crippen molar-refractivity contribution in [1.82, 2.24) is 14.9 Å². The van der Waals surface area contributed by atoms with E-state index in [2.05, 4.69) is 20.4 Å². The zero-order chi connectivity index (χ0) is 21.4. The number of halogens is 3. The number of guanidine groups is 1. The van der Waals surface area contributed by atoms with Crippen LogP contribution in [0.2, 0.25) is 0 Å². The van der Waals surface area contributed by atoms with Crippen molar-refractivity contribution in [2.45, 2.75) is 26.0 Å². The number of ether oxygens (including phenoxy) is 2. The van der Waals surface area contributed by atoms with Crippen molar-refractivity contribution in [2.24, 2.45) is 10.9 Å². The maximum Gasteiger partial charge on any atom is 0.387 e. The van der Waals surface area contributed by atoms with Crippen molar-refractivity contribution >= 4 is 40.0 Å². The Hall–Kier alpha value is -1.41. The third kappa shape index (κ3) is 8.38. The molecule has 172 valence electrons. The van der Waals surface area contributed by atoms with Crippen molar-refractivity contribution in [1.29, 1.82) is 0 Å². The highest BCUT2D eigenvalue weighted by Crippen LogP contribution is 2.25. The number of hydrogen-bond acceptors (Lipinski definition) is 5. The Morgan fingerprint density at radius 2 is 1.97 bits per heavy atom. The molecule has 1 aromatic rings. The van der Waals surface area contributed by atoms with Crippen LogP contribution in [0.3, 0.4) is 0 Å². The van der Waals surface area contributed by atoms with Gasteiger partial charge in [-0.2, -0.15) is 8.78 Å². The smallest absolute Gasteiger partial charge is 0.387 e. The van der Waals surface area contributed by atoms with Crippen LogP contribution in [0.1, 0.15) is 18.4 Å². The Bertz CT molecular complexity index is 803. The van der Waals surface area contributed by atoms with Crippen molar-refractivity contribution in [2.75, 3.05) is 40.0 Å². The SMILES string of the molecule is CN=C(NCc1cc(OC)ccc1OC(F)F)NCC1CCN(S(C)(=O)=O)CC1.I. The molecule has 1 aromatic carbocycles. The molecular weight excluding hydrogens is 533 g/mol. The van der Waals surface area contributed by atoms with Gasteiger partial charge in [-0.05, 0) is 37.0 Å². The molecule has 0 atom stereocenters. The lowest BCUT2D eigenvalue weighted by Gasteiger charge is -2.30. The molecule has 2 N–H and O–H groups in total. The summed E-state index contributed by atoms with van der Waals surface area (Å²) < 4.78 is 59.6. The van der Waals surface area contributed by atoms with E-state index in [1.165, 1.54) is 23.7 Å². The fourth-order valence-corrected chi connectivity index (χ4v) is 3.99. The molecule has 12 heteroatoms. The first-order chi connectivity index (χ1) is 13.7. The van der Waals surface area contributed by atoms with E-state index in [0.717, 1.165) is 12.8 Å². The third-order valence-corrected chi connectivity index (χ3v) is 6.06. The number of benzene rings is 1. The first kappa shape index (κ1) is 26.6. The zero-order valence-corrected chi connectivity index (χ0v) is 20.4. The standard InChI is InChI=1S/C18H28F2N4O4S.HI/c1-21-18(22-11-13-6-8-24(9-7-13)29(3,25)26)23-12-14-10-15(27-2)4-5-16(14)28-17(19)20;/h4-5,10,13,17H,6-9,11-12H2,1-3H3,(H2,21,22,23);1H. The second-order valence-corrected chi connectivity index (χ2v) is 8.75. The highest BCUT2D eigenvalue weighted by molar-refractivity contribution is 14.0.